The van der Waals surface area contributed by atoms with Crippen LogP contribution < -0.4 is 0 Å². The standard InChI is InChI=1S/C7H8O6S/c8-6(9)5-2-1-3-7(10,4-5)14(11,12)13/h1,3-4,10H,2H2,(H,8,9)(H,11,12,13). The Kier molecular flexibility index (Phi) is 2.49. The normalized spacial score (nSPS) is 27.1. The van der Waals surface area contributed by atoms with E-state index in [-0.39, 0.29) is 12.0 Å². The zero-order valence-electron chi connectivity index (χ0n) is 6.91. The fraction of sp³-hybridized carbons (Fsp3) is 0.286. The number of aliphatic carboxylic acids is 1. The van der Waals surface area contributed by atoms with Crippen molar-refractivity contribution in [3.05, 3.63) is 23.8 Å². The number of rotatable bonds is 2. The molecular weight excluding hydrogens is 212 g/mol. The summed E-state index contributed by atoms with van der Waals surface area (Å²) in [6, 6.07) is 0. The summed E-state index contributed by atoms with van der Waals surface area (Å²) in [6.45, 7) is 0. The SMILES string of the molecule is O=C(O)C1=CC(O)(S(=O)(=O)O)C=CC1. The molecule has 0 aromatic rings. The number of aliphatic hydroxyl groups is 1. The molecule has 1 atom stereocenters. The topological polar surface area (TPSA) is 112 Å². The van der Waals surface area contributed by atoms with Crippen LogP contribution in [0.1, 0.15) is 6.42 Å². The molecule has 78 valence electrons. The molecular formula is C7H8O6S. The molecule has 0 fully saturated rings. The minimum Gasteiger partial charge on any atom is -0.478 e. The number of carboxylic acid groups (broad SMARTS) is 1. The van der Waals surface area contributed by atoms with E-state index in [1.54, 1.807) is 0 Å². The van der Waals surface area contributed by atoms with Gasteiger partial charge in [0.1, 0.15) is 0 Å². The number of hydrogen-bond donors (Lipinski definition) is 3. The van der Waals surface area contributed by atoms with Crippen LogP contribution in [0.25, 0.3) is 0 Å². The van der Waals surface area contributed by atoms with Crippen LogP contribution in [0, 0.1) is 0 Å². The highest BCUT2D eigenvalue weighted by atomic mass is 32.2. The molecule has 7 heteroatoms. The summed E-state index contributed by atoms with van der Waals surface area (Å²) in [5, 5.41) is 17.9. The van der Waals surface area contributed by atoms with E-state index in [1.807, 2.05) is 0 Å². The average molecular weight is 220 g/mol. The smallest absolute Gasteiger partial charge is 0.331 e. The average Bonchev–Trinajstić information content (AvgIpc) is 2.02. The highest BCUT2D eigenvalue weighted by Crippen LogP contribution is 2.24. The van der Waals surface area contributed by atoms with Gasteiger partial charge in [0, 0.05) is 5.57 Å². The van der Waals surface area contributed by atoms with Gasteiger partial charge in [-0.15, -0.1) is 0 Å². The third-order valence-corrected chi connectivity index (χ3v) is 2.84. The van der Waals surface area contributed by atoms with Crippen LogP contribution in [0.4, 0.5) is 0 Å². The Labute approximate surface area is 79.9 Å². The molecule has 0 bridgehead atoms. The van der Waals surface area contributed by atoms with Crippen molar-refractivity contribution in [3.63, 3.8) is 0 Å². The van der Waals surface area contributed by atoms with E-state index in [2.05, 4.69) is 0 Å². The predicted molar refractivity (Wildman–Crippen MR) is 46.0 cm³/mol. The Bertz CT molecular complexity index is 417. The van der Waals surface area contributed by atoms with E-state index in [0.717, 1.165) is 12.2 Å². The maximum atomic E-state index is 10.7. The van der Waals surface area contributed by atoms with Crippen LogP contribution in [0.2, 0.25) is 0 Å². The van der Waals surface area contributed by atoms with Crippen LogP contribution >= 0.6 is 0 Å². The van der Waals surface area contributed by atoms with Crippen molar-refractivity contribution in [1.29, 1.82) is 0 Å². The van der Waals surface area contributed by atoms with Gasteiger partial charge in [0.15, 0.2) is 0 Å². The molecule has 1 aliphatic rings. The lowest BCUT2D eigenvalue weighted by atomic mass is 10.0. The molecule has 0 aliphatic heterocycles. The molecule has 0 saturated carbocycles. The van der Waals surface area contributed by atoms with Gasteiger partial charge in [0.2, 0.25) is 4.93 Å². The van der Waals surface area contributed by atoms with Gasteiger partial charge in [-0.05, 0) is 18.6 Å². The molecule has 14 heavy (non-hydrogen) atoms. The summed E-state index contributed by atoms with van der Waals surface area (Å²) in [5.74, 6) is -1.34. The lowest BCUT2D eigenvalue weighted by Crippen LogP contribution is -2.36. The number of allylic oxidation sites excluding steroid dienone is 1. The summed E-state index contributed by atoms with van der Waals surface area (Å²) < 4.78 is 30.0. The summed E-state index contributed by atoms with van der Waals surface area (Å²) in [4.78, 5) is 7.85. The molecule has 0 spiro atoms. The first-order valence-corrected chi connectivity index (χ1v) is 5.02. The van der Waals surface area contributed by atoms with Crippen LogP contribution in [-0.2, 0) is 14.9 Å². The molecule has 0 aromatic heterocycles. The summed E-state index contributed by atoms with van der Waals surface area (Å²) in [5.41, 5.74) is -0.285. The van der Waals surface area contributed by atoms with Crippen molar-refractivity contribution in [2.24, 2.45) is 0 Å². The molecule has 0 saturated heterocycles. The van der Waals surface area contributed by atoms with Gasteiger partial charge in [-0.25, -0.2) is 4.79 Å². The minimum absolute atomic E-state index is 0.00711. The Balaban J connectivity index is 3.21. The van der Waals surface area contributed by atoms with Crippen molar-refractivity contribution in [1.82, 2.24) is 0 Å². The largest absolute Gasteiger partial charge is 0.478 e. The quantitative estimate of drug-likeness (QED) is 0.428. The molecule has 6 nitrogen and oxygen atoms in total. The van der Waals surface area contributed by atoms with Crippen LogP contribution in [0.3, 0.4) is 0 Å². The molecule has 3 N–H and O–H groups in total. The minimum atomic E-state index is -4.76. The monoisotopic (exact) mass is 220 g/mol. The summed E-state index contributed by atoms with van der Waals surface area (Å²) in [7, 11) is -4.76. The van der Waals surface area contributed by atoms with E-state index in [4.69, 9.17) is 9.66 Å². The molecule has 1 rings (SSSR count). The third kappa shape index (κ3) is 1.84. The van der Waals surface area contributed by atoms with Crippen molar-refractivity contribution in [3.8, 4) is 0 Å². The van der Waals surface area contributed by atoms with Gasteiger partial charge >= 0.3 is 16.1 Å². The van der Waals surface area contributed by atoms with E-state index >= 15 is 0 Å². The van der Waals surface area contributed by atoms with Crippen LogP contribution in [0.5, 0.6) is 0 Å². The van der Waals surface area contributed by atoms with Gasteiger partial charge in [0.25, 0.3) is 0 Å². The zero-order chi connectivity index (χ0) is 11.0. The highest BCUT2D eigenvalue weighted by molar-refractivity contribution is 7.87. The first kappa shape index (κ1) is 10.9. The first-order chi connectivity index (χ1) is 6.26. The summed E-state index contributed by atoms with van der Waals surface area (Å²) >= 11 is 0. The van der Waals surface area contributed by atoms with Crippen molar-refractivity contribution in [2.45, 2.75) is 11.4 Å². The van der Waals surface area contributed by atoms with Gasteiger partial charge in [0.05, 0.1) is 0 Å². The Hall–Kier alpha value is -1.18. The Morgan fingerprint density at radius 3 is 2.50 bits per heavy atom. The van der Waals surface area contributed by atoms with E-state index in [1.165, 1.54) is 0 Å². The second kappa shape index (κ2) is 3.19. The molecule has 1 aliphatic carbocycles. The maximum Gasteiger partial charge on any atom is 0.331 e. The van der Waals surface area contributed by atoms with E-state index < -0.39 is 21.0 Å². The number of carboxylic acids is 1. The molecule has 0 heterocycles. The Morgan fingerprint density at radius 1 is 1.50 bits per heavy atom. The van der Waals surface area contributed by atoms with Gasteiger partial charge in [-0.1, -0.05) is 6.08 Å². The van der Waals surface area contributed by atoms with Gasteiger partial charge < -0.3 is 10.2 Å². The number of hydrogen-bond acceptors (Lipinski definition) is 4. The van der Waals surface area contributed by atoms with Crippen LogP contribution in [0.15, 0.2) is 23.8 Å². The van der Waals surface area contributed by atoms with Crippen molar-refractivity contribution < 1.29 is 28.0 Å². The zero-order valence-corrected chi connectivity index (χ0v) is 7.73. The van der Waals surface area contributed by atoms with E-state index in [0.29, 0.717) is 6.08 Å². The first-order valence-electron chi connectivity index (χ1n) is 3.58. The lowest BCUT2D eigenvalue weighted by molar-refractivity contribution is -0.132. The maximum absolute atomic E-state index is 10.7. The summed E-state index contributed by atoms with van der Waals surface area (Å²) in [6.07, 6.45) is 2.60. The van der Waals surface area contributed by atoms with Crippen molar-refractivity contribution in [2.75, 3.05) is 0 Å². The number of carbonyl (C=O) groups is 1. The Morgan fingerprint density at radius 2 is 2.07 bits per heavy atom. The van der Waals surface area contributed by atoms with Crippen molar-refractivity contribution >= 4 is 16.1 Å². The molecule has 0 amide bonds. The fourth-order valence-electron chi connectivity index (χ4n) is 1.02. The second-order valence-electron chi connectivity index (χ2n) is 2.81. The van der Waals surface area contributed by atoms with E-state index in [9.17, 15) is 18.3 Å². The fourth-order valence-corrected chi connectivity index (χ4v) is 1.58. The molecule has 0 aromatic carbocycles. The predicted octanol–water partition coefficient (Wildman–Crippen LogP) is -0.466. The molecule has 0 radical (unpaired) electrons. The second-order valence-corrected chi connectivity index (χ2v) is 4.41. The van der Waals surface area contributed by atoms with Crippen LogP contribution in [-0.4, -0.2) is 34.1 Å². The highest BCUT2D eigenvalue weighted by Gasteiger charge is 2.38. The lowest BCUT2D eigenvalue weighted by Gasteiger charge is -2.20. The third-order valence-electron chi connectivity index (χ3n) is 1.76. The van der Waals surface area contributed by atoms with Gasteiger partial charge in [-0.3, -0.25) is 4.55 Å². The van der Waals surface area contributed by atoms with Gasteiger partial charge in [-0.2, -0.15) is 8.42 Å². The molecule has 1 unspecified atom stereocenters.